The van der Waals surface area contributed by atoms with Crippen LogP contribution in [-0.4, -0.2) is 20.2 Å². The van der Waals surface area contributed by atoms with Crippen LogP contribution in [0.4, 0.5) is 5.69 Å². The third kappa shape index (κ3) is 1.92. The SMILES string of the molecule is CCS(=O)(=O)N1c2ccccc2C=CC1C#N. The van der Waals surface area contributed by atoms with Crippen molar-refractivity contribution in [2.24, 2.45) is 0 Å². The number of nitrogens with zero attached hydrogens (tertiary/aromatic N) is 2. The van der Waals surface area contributed by atoms with Crippen molar-refractivity contribution in [2.45, 2.75) is 13.0 Å². The number of hydrogen-bond donors (Lipinski definition) is 0. The molecule has 1 aliphatic rings. The first kappa shape index (κ1) is 11.7. The highest BCUT2D eigenvalue weighted by molar-refractivity contribution is 7.92. The lowest BCUT2D eigenvalue weighted by atomic mass is 10.1. The smallest absolute Gasteiger partial charge is 0.236 e. The van der Waals surface area contributed by atoms with E-state index in [4.69, 9.17) is 5.26 Å². The lowest BCUT2D eigenvalue weighted by molar-refractivity contribution is 0.591. The van der Waals surface area contributed by atoms with Gasteiger partial charge in [0.2, 0.25) is 10.0 Å². The van der Waals surface area contributed by atoms with Crippen LogP contribution in [0.25, 0.3) is 6.08 Å². The van der Waals surface area contributed by atoms with Crippen molar-refractivity contribution >= 4 is 21.8 Å². The minimum Gasteiger partial charge on any atom is -0.249 e. The highest BCUT2D eigenvalue weighted by Gasteiger charge is 2.30. The molecule has 0 bridgehead atoms. The van der Waals surface area contributed by atoms with Gasteiger partial charge in [0, 0.05) is 0 Å². The van der Waals surface area contributed by atoms with Crippen LogP contribution in [0, 0.1) is 11.3 Å². The molecule has 5 heteroatoms. The van der Waals surface area contributed by atoms with Gasteiger partial charge in [0.15, 0.2) is 6.04 Å². The zero-order valence-electron chi connectivity index (χ0n) is 9.37. The van der Waals surface area contributed by atoms with Gasteiger partial charge < -0.3 is 0 Å². The molecule has 0 amide bonds. The van der Waals surface area contributed by atoms with Gasteiger partial charge in [-0.05, 0) is 24.6 Å². The van der Waals surface area contributed by atoms with Gasteiger partial charge in [-0.3, -0.25) is 0 Å². The van der Waals surface area contributed by atoms with Gasteiger partial charge in [0.05, 0.1) is 17.5 Å². The van der Waals surface area contributed by atoms with Crippen molar-refractivity contribution in [3.05, 3.63) is 35.9 Å². The predicted molar refractivity (Wildman–Crippen MR) is 66.8 cm³/mol. The molecule has 1 aliphatic heterocycles. The third-order valence-corrected chi connectivity index (χ3v) is 4.43. The molecular formula is C12H12N2O2S. The van der Waals surface area contributed by atoms with E-state index in [9.17, 15) is 8.42 Å². The van der Waals surface area contributed by atoms with Crippen LogP contribution in [0.2, 0.25) is 0 Å². The lowest BCUT2D eigenvalue weighted by Gasteiger charge is -2.30. The number of sulfonamides is 1. The Morgan fingerprint density at radius 3 is 2.76 bits per heavy atom. The fraction of sp³-hybridized carbons (Fsp3) is 0.250. The van der Waals surface area contributed by atoms with Crippen LogP contribution in [0.5, 0.6) is 0 Å². The van der Waals surface area contributed by atoms with E-state index in [-0.39, 0.29) is 5.75 Å². The average Bonchev–Trinajstić information content (AvgIpc) is 2.37. The van der Waals surface area contributed by atoms with Gasteiger partial charge in [-0.2, -0.15) is 5.26 Å². The predicted octanol–water partition coefficient (Wildman–Crippen LogP) is 1.76. The summed E-state index contributed by atoms with van der Waals surface area (Å²) in [7, 11) is -3.44. The monoisotopic (exact) mass is 248 g/mol. The molecule has 88 valence electrons. The summed E-state index contributed by atoms with van der Waals surface area (Å²) in [5.74, 6) is -0.0205. The summed E-state index contributed by atoms with van der Waals surface area (Å²) < 4.78 is 25.3. The Balaban J connectivity index is 2.63. The first-order chi connectivity index (χ1) is 8.10. The van der Waals surface area contributed by atoms with Gasteiger partial charge in [-0.25, -0.2) is 12.7 Å². The van der Waals surface area contributed by atoms with E-state index in [1.54, 1.807) is 31.2 Å². The van der Waals surface area contributed by atoms with Crippen LogP contribution in [-0.2, 0) is 10.0 Å². The molecule has 0 aromatic heterocycles. The molecule has 0 spiro atoms. The zero-order valence-corrected chi connectivity index (χ0v) is 10.2. The summed E-state index contributed by atoms with van der Waals surface area (Å²) in [6.45, 7) is 1.57. The van der Waals surface area contributed by atoms with Gasteiger partial charge in [-0.15, -0.1) is 0 Å². The molecule has 1 atom stereocenters. The van der Waals surface area contributed by atoms with Crippen molar-refractivity contribution in [1.82, 2.24) is 0 Å². The fourth-order valence-electron chi connectivity index (χ4n) is 1.81. The lowest BCUT2D eigenvalue weighted by Crippen LogP contribution is -2.41. The minimum atomic E-state index is -3.44. The molecule has 0 radical (unpaired) electrons. The Morgan fingerprint density at radius 1 is 1.41 bits per heavy atom. The Hall–Kier alpha value is -1.80. The van der Waals surface area contributed by atoms with Crippen molar-refractivity contribution < 1.29 is 8.42 Å². The Kier molecular flexibility index (Phi) is 2.90. The fourth-order valence-corrected chi connectivity index (χ4v) is 3.02. The van der Waals surface area contributed by atoms with Crippen LogP contribution in [0.15, 0.2) is 30.3 Å². The number of anilines is 1. The number of benzene rings is 1. The molecule has 1 unspecified atom stereocenters. The molecule has 2 rings (SSSR count). The zero-order chi connectivity index (χ0) is 12.5. The summed E-state index contributed by atoms with van der Waals surface area (Å²) in [6.07, 6.45) is 3.39. The van der Waals surface area contributed by atoms with E-state index >= 15 is 0 Å². The Labute approximate surface area is 101 Å². The molecule has 0 fully saturated rings. The Morgan fingerprint density at radius 2 is 2.12 bits per heavy atom. The molecular weight excluding hydrogens is 236 g/mol. The highest BCUT2D eigenvalue weighted by atomic mass is 32.2. The summed E-state index contributed by atoms with van der Waals surface area (Å²) in [4.78, 5) is 0. The molecule has 0 saturated carbocycles. The maximum Gasteiger partial charge on any atom is 0.236 e. The molecule has 1 aromatic rings. The van der Waals surface area contributed by atoms with E-state index in [0.29, 0.717) is 5.69 Å². The summed E-state index contributed by atoms with van der Waals surface area (Å²) >= 11 is 0. The standard InChI is InChI=1S/C12H12N2O2S/c1-2-17(15,16)14-11(9-13)8-7-10-5-3-4-6-12(10)14/h3-8,11H,2H2,1H3. The van der Waals surface area contributed by atoms with Gasteiger partial charge >= 0.3 is 0 Å². The number of fused-ring (bicyclic) bond motifs is 1. The second-order valence-corrected chi connectivity index (χ2v) is 5.82. The topological polar surface area (TPSA) is 61.2 Å². The molecule has 0 N–H and O–H groups in total. The molecule has 0 saturated heterocycles. The largest absolute Gasteiger partial charge is 0.249 e. The van der Waals surface area contributed by atoms with Gasteiger partial charge in [-0.1, -0.05) is 24.3 Å². The summed E-state index contributed by atoms with van der Waals surface area (Å²) in [5, 5.41) is 9.04. The molecule has 4 nitrogen and oxygen atoms in total. The van der Waals surface area contributed by atoms with Crippen molar-refractivity contribution in [1.29, 1.82) is 5.26 Å². The summed E-state index contributed by atoms with van der Waals surface area (Å²) in [5.41, 5.74) is 1.39. The van der Waals surface area contributed by atoms with Crippen molar-refractivity contribution in [3.63, 3.8) is 0 Å². The first-order valence-electron chi connectivity index (χ1n) is 5.29. The maximum absolute atomic E-state index is 12.0. The van der Waals surface area contributed by atoms with Crippen LogP contribution in [0.3, 0.4) is 0 Å². The van der Waals surface area contributed by atoms with Crippen LogP contribution >= 0.6 is 0 Å². The minimum absolute atomic E-state index is 0.0205. The molecule has 1 aromatic carbocycles. The second kappa shape index (κ2) is 4.22. The second-order valence-electron chi connectivity index (χ2n) is 3.69. The highest BCUT2D eigenvalue weighted by Crippen LogP contribution is 2.31. The Bertz CT molecular complexity index is 599. The van der Waals surface area contributed by atoms with Crippen molar-refractivity contribution in [2.75, 3.05) is 10.1 Å². The third-order valence-electron chi connectivity index (χ3n) is 2.68. The normalized spacial score (nSPS) is 18.6. The first-order valence-corrected chi connectivity index (χ1v) is 6.90. The number of para-hydroxylation sites is 1. The van der Waals surface area contributed by atoms with E-state index in [0.717, 1.165) is 5.56 Å². The molecule has 1 heterocycles. The van der Waals surface area contributed by atoms with E-state index in [2.05, 4.69) is 0 Å². The van der Waals surface area contributed by atoms with E-state index < -0.39 is 16.1 Å². The van der Waals surface area contributed by atoms with Crippen molar-refractivity contribution in [3.8, 4) is 6.07 Å². The van der Waals surface area contributed by atoms with Gasteiger partial charge in [0.1, 0.15) is 0 Å². The number of nitriles is 1. The van der Waals surface area contributed by atoms with Gasteiger partial charge in [0.25, 0.3) is 0 Å². The van der Waals surface area contributed by atoms with Crippen LogP contribution in [0.1, 0.15) is 12.5 Å². The van der Waals surface area contributed by atoms with E-state index in [1.807, 2.05) is 18.2 Å². The molecule has 0 aliphatic carbocycles. The maximum atomic E-state index is 12.0. The number of hydrogen-bond acceptors (Lipinski definition) is 3. The molecule has 17 heavy (non-hydrogen) atoms. The summed E-state index contributed by atoms with van der Waals surface area (Å²) in [6, 6.07) is 8.40. The van der Waals surface area contributed by atoms with E-state index in [1.165, 1.54) is 4.31 Å². The van der Waals surface area contributed by atoms with Crippen LogP contribution < -0.4 is 4.31 Å². The average molecular weight is 248 g/mol. The quantitative estimate of drug-likeness (QED) is 0.801. The number of rotatable bonds is 2.